The van der Waals surface area contributed by atoms with Gasteiger partial charge in [0.15, 0.2) is 0 Å². The highest BCUT2D eigenvalue weighted by Crippen LogP contribution is 2.20. The molecule has 0 atom stereocenters. The van der Waals surface area contributed by atoms with Gasteiger partial charge in [0.25, 0.3) is 0 Å². The number of rotatable bonds is 6. The Morgan fingerprint density at radius 3 is 2.70 bits per heavy atom. The van der Waals surface area contributed by atoms with Gasteiger partial charge in [0.2, 0.25) is 5.91 Å². The van der Waals surface area contributed by atoms with Gasteiger partial charge < -0.3 is 10.6 Å². The van der Waals surface area contributed by atoms with Crippen LogP contribution in [0.2, 0.25) is 0 Å². The van der Waals surface area contributed by atoms with Crippen molar-refractivity contribution in [2.24, 2.45) is 0 Å². The van der Waals surface area contributed by atoms with Gasteiger partial charge in [-0.25, -0.2) is 0 Å². The summed E-state index contributed by atoms with van der Waals surface area (Å²) in [6.07, 6.45) is 0. The van der Waals surface area contributed by atoms with E-state index in [1.165, 1.54) is 0 Å². The molecule has 0 aromatic heterocycles. The van der Waals surface area contributed by atoms with Gasteiger partial charge in [-0.15, -0.1) is 11.8 Å². The zero-order chi connectivity index (χ0) is 14.2. The van der Waals surface area contributed by atoms with Crippen LogP contribution < -0.4 is 10.6 Å². The quantitative estimate of drug-likeness (QED) is 0.758. The number of nitrogens with one attached hydrogen (secondary N) is 2. The highest BCUT2D eigenvalue weighted by atomic mass is 79.9. The van der Waals surface area contributed by atoms with Gasteiger partial charge >= 0.3 is 0 Å². The Balaban J connectivity index is 1.59. The van der Waals surface area contributed by atoms with Crippen LogP contribution in [0.15, 0.2) is 33.6 Å². The first-order valence-corrected chi connectivity index (χ1v) is 8.60. The maximum Gasteiger partial charge on any atom is 0.230 e. The van der Waals surface area contributed by atoms with Crippen molar-refractivity contribution in [2.75, 3.05) is 45.0 Å². The molecule has 1 aliphatic heterocycles. The topological polar surface area (TPSA) is 44.4 Å². The summed E-state index contributed by atoms with van der Waals surface area (Å²) in [5.74, 6) is 0.580. The monoisotopic (exact) mass is 357 g/mol. The molecule has 1 aromatic carbocycles. The molecule has 6 heteroatoms. The number of hydrogen-bond donors (Lipinski definition) is 2. The van der Waals surface area contributed by atoms with Crippen LogP contribution >= 0.6 is 27.7 Å². The van der Waals surface area contributed by atoms with Gasteiger partial charge in [0.05, 0.1) is 5.75 Å². The molecule has 1 amide bonds. The predicted octanol–water partition coefficient (Wildman–Crippen LogP) is 1.56. The van der Waals surface area contributed by atoms with E-state index in [0.717, 1.165) is 48.6 Å². The Morgan fingerprint density at radius 2 is 2.00 bits per heavy atom. The van der Waals surface area contributed by atoms with Crippen molar-refractivity contribution in [1.82, 2.24) is 15.5 Å². The van der Waals surface area contributed by atoms with E-state index in [1.54, 1.807) is 11.8 Å². The molecule has 110 valence electrons. The molecule has 0 unspecified atom stereocenters. The zero-order valence-electron chi connectivity index (χ0n) is 11.4. The van der Waals surface area contributed by atoms with Gasteiger partial charge in [0.1, 0.15) is 0 Å². The van der Waals surface area contributed by atoms with Crippen LogP contribution in [-0.2, 0) is 4.79 Å². The normalized spacial score (nSPS) is 16.1. The molecule has 0 radical (unpaired) electrons. The lowest BCUT2D eigenvalue weighted by Gasteiger charge is -2.27. The van der Waals surface area contributed by atoms with Crippen molar-refractivity contribution in [1.29, 1.82) is 0 Å². The standard InChI is InChI=1S/C14H20BrN3OS/c15-12-1-3-13(4-2-12)20-11-14(19)17-7-10-18-8-5-16-6-9-18/h1-4,16H,5-11H2,(H,17,19). The Labute approximate surface area is 132 Å². The fourth-order valence-corrected chi connectivity index (χ4v) is 3.01. The van der Waals surface area contributed by atoms with E-state index in [1.807, 2.05) is 24.3 Å². The molecule has 2 rings (SSSR count). The zero-order valence-corrected chi connectivity index (χ0v) is 13.8. The molecule has 1 aliphatic rings. The number of thioether (sulfide) groups is 1. The van der Waals surface area contributed by atoms with Crippen molar-refractivity contribution < 1.29 is 4.79 Å². The summed E-state index contributed by atoms with van der Waals surface area (Å²) in [4.78, 5) is 15.2. The summed E-state index contributed by atoms with van der Waals surface area (Å²) < 4.78 is 1.06. The smallest absolute Gasteiger partial charge is 0.230 e. The highest BCUT2D eigenvalue weighted by Gasteiger charge is 2.09. The summed E-state index contributed by atoms with van der Waals surface area (Å²) in [5.41, 5.74) is 0. The van der Waals surface area contributed by atoms with E-state index in [4.69, 9.17) is 0 Å². The summed E-state index contributed by atoms with van der Waals surface area (Å²) in [6.45, 7) is 5.92. The summed E-state index contributed by atoms with van der Waals surface area (Å²) in [6, 6.07) is 8.01. The average molecular weight is 358 g/mol. The first-order chi connectivity index (χ1) is 9.74. The van der Waals surface area contributed by atoms with Crippen molar-refractivity contribution in [3.05, 3.63) is 28.7 Å². The molecule has 0 spiro atoms. The number of benzene rings is 1. The van der Waals surface area contributed by atoms with Gasteiger partial charge in [-0.3, -0.25) is 9.69 Å². The van der Waals surface area contributed by atoms with Crippen LogP contribution in [0.25, 0.3) is 0 Å². The Hall–Kier alpha value is -0.560. The van der Waals surface area contributed by atoms with Crippen molar-refractivity contribution in [3.63, 3.8) is 0 Å². The van der Waals surface area contributed by atoms with E-state index in [-0.39, 0.29) is 5.91 Å². The van der Waals surface area contributed by atoms with Crippen LogP contribution in [0.1, 0.15) is 0 Å². The second kappa shape index (κ2) is 8.67. The molecule has 1 fully saturated rings. The van der Waals surface area contributed by atoms with E-state index in [0.29, 0.717) is 5.75 Å². The predicted molar refractivity (Wildman–Crippen MR) is 87.2 cm³/mol. The number of amides is 1. The number of halogens is 1. The third-order valence-electron chi connectivity index (χ3n) is 3.14. The molecule has 1 saturated heterocycles. The fourth-order valence-electron chi connectivity index (χ4n) is 2.02. The summed E-state index contributed by atoms with van der Waals surface area (Å²) >= 11 is 4.97. The molecule has 1 heterocycles. The van der Waals surface area contributed by atoms with Gasteiger partial charge in [0, 0.05) is 48.6 Å². The second-order valence-electron chi connectivity index (χ2n) is 4.68. The van der Waals surface area contributed by atoms with Gasteiger partial charge in [-0.1, -0.05) is 15.9 Å². The summed E-state index contributed by atoms with van der Waals surface area (Å²) in [5, 5.41) is 6.30. The maximum atomic E-state index is 11.8. The first-order valence-electron chi connectivity index (χ1n) is 6.82. The third-order valence-corrected chi connectivity index (χ3v) is 4.68. The molecular weight excluding hydrogens is 338 g/mol. The van der Waals surface area contributed by atoms with Crippen LogP contribution in [0.5, 0.6) is 0 Å². The highest BCUT2D eigenvalue weighted by molar-refractivity contribution is 9.10. The number of piperazine rings is 1. The minimum absolute atomic E-state index is 0.105. The molecular formula is C14H20BrN3OS. The Morgan fingerprint density at radius 1 is 1.30 bits per heavy atom. The van der Waals surface area contributed by atoms with E-state index >= 15 is 0 Å². The van der Waals surface area contributed by atoms with E-state index in [9.17, 15) is 4.79 Å². The molecule has 0 aliphatic carbocycles. The summed E-state index contributed by atoms with van der Waals surface area (Å²) in [7, 11) is 0. The van der Waals surface area contributed by atoms with E-state index in [2.05, 4.69) is 31.5 Å². The number of hydrogen-bond acceptors (Lipinski definition) is 4. The SMILES string of the molecule is O=C(CSc1ccc(Br)cc1)NCCN1CCNCC1. The first kappa shape index (κ1) is 15.8. The van der Waals surface area contributed by atoms with E-state index < -0.39 is 0 Å². The lowest BCUT2D eigenvalue weighted by molar-refractivity contribution is -0.118. The number of nitrogens with zero attached hydrogens (tertiary/aromatic N) is 1. The van der Waals surface area contributed by atoms with Crippen LogP contribution in [0.4, 0.5) is 0 Å². The number of carbonyl (C=O) groups excluding carboxylic acids is 1. The molecule has 0 saturated carbocycles. The van der Waals surface area contributed by atoms with Crippen LogP contribution in [0.3, 0.4) is 0 Å². The van der Waals surface area contributed by atoms with Crippen LogP contribution in [-0.4, -0.2) is 55.8 Å². The Bertz CT molecular complexity index is 421. The largest absolute Gasteiger partial charge is 0.354 e. The minimum atomic E-state index is 0.105. The molecule has 4 nitrogen and oxygen atoms in total. The minimum Gasteiger partial charge on any atom is -0.354 e. The van der Waals surface area contributed by atoms with Crippen molar-refractivity contribution in [2.45, 2.75) is 4.90 Å². The average Bonchev–Trinajstić information content (AvgIpc) is 2.48. The molecule has 20 heavy (non-hydrogen) atoms. The van der Waals surface area contributed by atoms with Crippen molar-refractivity contribution in [3.8, 4) is 0 Å². The molecule has 1 aromatic rings. The second-order valence-corrected chi connectivity index (χ2v) is 6.65. The fraction of sp³-hybridized carbons (Fsp3) is 0.500. The lowest BCUT2D eigenvalue weighted by atomic mass is 10.3. The van der Waals surface area contributed by atoms with Crippen LogP contribution in [0, 0.1) is 0 Å². The number of carbonyl (C=O) groups is 1. The van der Waals surface area contributed by atoms with Gasteiger partial charge in [-0.2, -0.15) is 0 Å². The Kier molecular flexibility index (Phi) is 6.86. The third kappa shape index (κ3) is 5.83. The molecule has 0 bridgehead atoms. The van der Waals surface area contributed by atoms with Gasteiger partial charge in [-0.05, 0) is 24.3 Å². The molecule has 2 N–H and O–H groups in total. The maximum absolute atomic E-state index is 11.8. The van der Waals surface area contributed by atoms with Crippen molar-refractivity contribution >= 4 is 33.6 Å². The lowest BCUT2D eigenvalue weighted by Crippen LogP contribution is -2.46.